The molecule has 0 spiro atoms. The van der Waals surface area contributed by atoms with Gasteiger partial charge in [-0.15, -0.1) is 0 Å². The van der Waals surface area contributed by atoms with E-state index in [0.717, 1.165) is 11.1 Å². The third kappa shape index (κ3) is 2.62. The number of nitrogens with two attached hydrogens (primary N) is 1. The fourth-order valence-corrected chi connectivity index (χ4v) is 2.19. The van der Waals surface area contributed by atoms with Crippen LogP contribution >= 0.6 is 11.6 Å². The molecule has 3 rings (SSSR count). The van der Waals surface area contributed by atoms with E-state index in [4.69, 9.17) is 21.8 Å². The van der Waals surface area contributed by atoms with E-state index in [1.807, 2.05) is 36.4 Å². The lowest BCUT2D eigenvalue weighted by atomic mass is 10.1. The molecule has 0 saturated carbocycles. The Bertz CT molecular complexity index is 694. The molecule has 19 heavy (non-hydrogen) atoms. The van der Waals surface area contributed by atoms with Gasteiger partial charge in [0, 0.05) is 11.1 Å². The number of oxazole rings is 1. The smallest absolute Gasteiger partial charge is 0.212 e. The second-order valence-electron chi connectivity index (χ2n) is 4.46. The predicted molar refractivity (Wildman–Crippen MR) is 76.1 cm³/mol. The lowest BCUT2D eigenvalue weighted by Crippen LogP contribution is -2.13. The highest BCUT2D eigenvalue weighted by atomic mass is 35.5. The molecule has 2 N–H and O–H groups in total. The first-order chi connectivity index (χ1) is 9.22. The first-order valence-corrected chi connectivity index (χ1v) is 6.45. The molecule has 3 nitrogen and oxygen atoms in total. The predicted octanol–water partition coefficient (Wildman–Crippen LogP) is 3.72. The van der Waals surface area contributed by atoms with Crippen molar-refractivity contribution in [2.24, 2.45) is 5.73 Å². The fourth-order valence-electron chi connectivity index (χ4n) is 2.03. The lowest BCUT2D eigenvalue weighted by Gasteiger charge is -2.06. The second kappa shape index (κ2) is 5.03. The molecule has 2 aromatic carbocycles. The Balaban J connectivity index is 1.87. The molecule has 0 aliphatic carbocycles. The van der Waals surface area contributed by atoms with Crippen LogP contribution < -0.4 is 5.73 Å². The summed E-state index contributed by atoms with van der Waals surface area (Å²) < 4.78 is 5.66. The normalized spacial score (nSPS) is 12.7. The van der Waals surface area contributed by atoms with Crippen molar-refractivity contribution in [3.8, 4) is 0 Å². The van der Waals surface area contributed by atoms with Crippen LogP contribution in [0.3, 0.4) is 0 Å². The molecule has 0 bridgehead atoms. The molecule has 3 aromatic rings. The topological polar surface area (TPSA) is 52.0 Å². The summed E-state index contributed by atoms with van der Waals surface area (Å²) in [5.74, 6) is 0.543. The number of halogens is 1. The van der Waals surface area contributed by atoms with Gasteiger partial charge in [-0.2, -0.15) is 0 Å². The Hall–Kier alpha value is -1.84. The molecule has 0 amide bonds. The summed E-state index contributed by atoms with van der Waals surface area (Å²) in [7, 11) is 0. The number of fused-ring (bicyclic) bond motifs is 1. The number of rotatable bonds is 3. The largest absolute Gasteiger partial charge is 0.439 e. The van der Waals surface area contributed by atoms with Crippen LogP contribution in [-0.4, -0.2) is 4.98 Å². The molecule has 96 valence electrons. The molecule has 0 aliphatic heterocycles. The van der Waals surface area contributed by atoms with E-state index in [1.165, 1.54) is 0 Å². The minimum Gasteiger partial charge on any atom is -0.439 e. The summed E-state index contributed by atoms with van der Waals surface area (Å²) in [5, 5.41) is 0.631. The van der Waals surface area contributed by atoms with Crippen LogP contribution in [0.25, 0.3) is 11.1 Å². The number of benzene rings is 2. The third-order valence-electron chi connectivity index (χ3n) is 2.98. The highest BCUT2D eigenvalue weighted by Crippen LogP contribution is 2.23. The van der Waals surface area contributed by atoms with Crippen LogP contribution in [0.4, 0.5) is 0 Å². The molecule has 0 saturated heterocycles. The monoisotopic (exact) mass is 272 g/mol. The molecule has 0 aliphatic rings. The highest BCUT2D eigenvalue weighted by molar-refractivity contribution is 6.31. The van der Waals surface area contributed by atoms with Crippen LogP contribution in [0, 0.1) is 0 Å². The van der Waals surface area contributed by atoms with Crippen molar-refractivity contribution >= 4 is 22.7 Å². The summed E-state index contributed by atoms with van der Waals surface area (Å²) in [5.41, 5.74) is 8.75. The molecule has 0 fully saturated rings. The number of nitrogens with zero attached hydrogens (tertiary/aromatic N) is 1. The Morgan fingerprint density at radius 1 is 1.16 bits per heavy atom. The molecule has 1 aromatic heterocycles. The number of hydrogen-bond donors (Lipinski definition) is 1. The van der Waals surface area contributed by atoms with Gasteiger partial charge in [-0.3, -0.25) is 0 Å². The van der Waals surface area contributed by atoms with Gasteiger partial charge >= 0.3 is 0 Å². The Morgan fingerprint density at radius 3 is 2.74 bits per heavy atom. The molecule has 1 heterocycles. The van der Waals surface area contributed by atoms with Crippen molar-refractivity contribution in [1.82, 2.24) is 4.98 Å². The first-order valence-electron chi connectivity index (χ1n) is 6.08. The van der Waals surface area contributed by atoms with Crippen LogP contribution in [-0.2, 0) is 6.42 Å². The van der Waals surface area contributed by atoms with Crippen molar-refractivity contribution in [3.63, 3.8) is 0 Å². The summed E-state index contributed by atoms with van der Waals surface area (Å²) in [4.78, 5) is 4.40. The number of hydrogen-bond acceptors (Lipinski definition) is 3. The van der Waals surface area contributed by atoms with E-state index >= 15 is 0 Å². The van der Waals surface area contributed by atoms with Gasteiger partial charge in [-0.25, -0.2) is 4.98 Å². The van der Waals surface area contributed by atoms with E-state index in [-0.39, 0.29) is 6.04 Å². The molecule has 1 atom stereocenters. The summed E-state index contributed by atoms with van der Waals surface area (Å²) in [6, 6.07) is 15.2. The van der Waals surface area contributed by atoms with Gasteiger partial charge in [0.25, 0.3) is 0 Å². The summed E-state index contributed by atoms with van der Waals surface area (Å²) >= 11 is 5.92. The van der Waals surface area contributed by atoms with Crippen molar-refractivity contribution in [1.29, 1.82) is 0 Å². The van der Waals surface area contributed by atoms with Crippen molar-refractivity contribution < 1.29 is 4.42 Å². The molecule has 4 heteroatoms. The minimum atomic E-state index is -0.256. The van der Waals surface area contributed by atoms with Crippen LogP contribution in [0.1, 0.15) is 17.5 Å². The van der Waals surface area contributed by atoms with Crippen LogP contribution in [0.2, 0.25) is 5.02 Å². The summed E-state index contributed by atoms with van der Waals surface area (Å²) in [6.07, 6.45) is 0.696. The van der Waals surface area contributed by atoms with E-state index in [0.29, 0.717) is 22.9 Å². The van der Waals surface area contributed by atoms with Gasteiger partial charge < -0.3 is 10.2 Å². The zero-order valence-corrected chi connectivity index (χ0v) is 11.0. The van der Waals surface area contributed by atoms with E-state index in [2.05, 4.69) is 4.98 Å². The van der Waals surface area contributed by atoms with Crippen molar-refractivity contribution in [2.45, 2.75) is 12.5 Å². The Morgan fingerprint density at radius 2 is 1.95 bits per heavy atom. The lowest BCUT2D eigenvalue weighted by molar-refractivity contribution is 0.474. The maximum atomic E-state index is 6.14. The van der Waals surface area contributed by atoms with Gasteiger partial charge in [0.2, 0.25) is 5.89 Å². The van der Waals surface area contributed by atoms with Gasteiger partial charge in [-0.1, -0.05) is 41.9 Å². The highest BCUT2D eigenvalue weighted by Gasteiger charge is 2.14. The van der Waals surface area contributed by atoms with Crippen molar-refractivity contribution in [2.75, 3.05) is 0 Å². The zero-order valence-electron chi connectivity index (χ0n) is 10.2. The SMILES string of the molecule is NC(Cc1ccccc1)c1nc2ccc(Cl)cc2o1. The standard InChI is InChI=1S/C15H13ClN2O/c16-11-6-7-13-14(9-11)19-15(18-13)12(17)8-10-4-2-1-3-5-10/h1-7,9,12H,8,17H2. The maximum Gasteiger partial charge on any atom is 0.212 e. The Labute approximate surface area is 116 Å². The van der Waals surface area contributed by atoms with Gasteiger partial charge in [0.1, 0.15) is 5.52 Å². The molecule has 0 radical (unpaired) electrons. The van der Waals surface area contributed by atoms with Gasteiger partial charge in [0.15, 0.2) is 5.58 Å². The average molecular weight is 273 g/mol. The zero-order chi connectivity index (χ0) is 13.2. The molecule has 1 unspecified atom stereocenters. The third-order valence-corrected chi connectivity index (χ3v) is 3.22. The van der Waals surface area contributed by atoms with Gasteiger partial charge in [0.05, 0.1) is 6.04 Å². The Kier molecular flexibility index (Phi) is 3.23. The minimum absolute atomic E-state index is 0.256. The number of aromatic nitrogens is 1. The maximum absolute atomic E-state index is 6.14. The quantitative estimate of drug-likeness (QED) is 0.790. The molecular weight excluding hydrogens is 260 g/mol. The van der Waals surface area contributed by atoms with Crippen molar-refractivity contribution in [3.05, 3.63) is 65.0 Å². The second-order valence-corrected chi connectivity index (χ2v) is 4.90. The average Bonchev–Trinajstić information content (AvgIpc) is 2.83. The molecular formula is C15H13ClN2O. The van der Waals surface area contributed by atoms with E-state index < -0.39 is 0 Å². The van der Waals surface area contributed by atoms with Crippen LogP contribution in [0.15, 0.2) is 52.9 Å². The summed E-state index contributed by atoms with van der Waals surface area (Å²) in [6.45, 7) is 0. The van der Waals surface area contributed by atoms with Crippen LogP contribution in [0.5, 0.6) is 0 Å². The first kappa shape index (κ1) is 12.2. The van der Waals surface area contributed by atoms with Gasteiger partial charge in [-0.05, 0) is 24.1 Å². The van der Waals surface area contributed by atoms with E-state index in [9.17, 15) is 0 Å². The van der Waals surface area contributed by atoms with E-state index in [1.54, 1.807) is 12.1 Å². The fraction of sp³-hybridized carbons (Fsp3) is 0.133.